The Morgan fingerprint density at radius 2 is 1.89 bits per heavy atom. The highest BCUT2D eigenvalue weighted by Gasteiger charge is 2.20. The number of imide groups is 1. The van der Waals surface area contributed by atoms with E-state index in [-0.39, 0.29) is 12.1 Å². The standard InChI is InChI=1S/C19H17ClN4O3S/c1-11(16(25)23-18(21)27)28-19-22-15-5-3-2-4-14(15)17(26)24(19)10-12-6-8-13(20)9-7-12/h2-9,11H,10H2,1H3,(H3,21,23,25,27)/t11-/m0/s1. The molecule has 0 aliphatic carbocycles. The Hall–Kier alpha value is -2.84. The van der Waals surface area contributed by atoms with Crippen molar-refractivity contribution in [3.8, 4) is 0 Å². The number of aromatic nitrogens is 2. The minimum Gasteiger partial charge on any atom is -0.351 e. The van der Waals surface area contributed by atoms with Crippen LogP contribution in [-0.4, -0.2) is 26.7 Å². The Labute approximate surface area is 169 Å². The maximum absolute atomic E-state index is 13.1. The summed E-state index contributed by atoms with van der Waals surface area (Å²) in [4.78, 5) is 40.6. The quantitative estimate of drug-likeness (QED) is 0.491. The van der Waals surface area contributed by atoms with E-state index in [1.165, 1.54) is 4.57 Å². The molecule has 2 aromatic carbocycles. The number of benzene rings is 2. The molecule has 28 heavy (non-hydrogen) atoms. The fourth-order valence-electron chi connectivity index (χ4n) is 2.58. The summed E-state index contributed by atoms with van der Waals surface area (Å²) in [5, 5.41) is 2.80. The fourth-order valence-corrected chi connectivity index (χ4v) is 3.62. The maximum atomic E-state index is 13.1. The van der Waals surface area contributed by atoms with E-state index in [4.69, 9.17) is 17.3 Å². The van der Waals surface area contributed by atoms with E-state index in [1.807, 2.05) is 17.4 Å². The van der Waals surface area contributed by atoms with Gasteiger partial charge < -0.3 is 5.73 Å². The van der Waals surface area contributed by atoms with E-state index >= 15 is 0 Å². The van der Waals surface area contributed by atoms with Gasteiger partial charge in [0.15, 0.2) is 5.16 Å². The summed E-state index contributed by atoms with van der Waals surface area (Å²) in [6.45, 7) is 1.87. The second kappa shape index (κ2) is 8.45. The van der Waals surface area contributed by atoms with Gasteiger partial charge in [0.2, 0.25) is 5.91 Å². The summed E-state index contributed by atoms with van der Waals surface area (Å²) in [6.07, 6.45) is 0. The van der Waals surface area contributed by atoms with Crippen molar-refractivity contribution >= 4 is 46.2 Å². The van der Waals surface area contributed by atoms with Gasteiger partial charge >= 0.3 is 6.03 Å². The van der Waals surface area contributed by atoms with E-state index in [2.05, 4.69) is 4.98 Å². The van der Waals surface area contributed by atoms with Crippen molar-refractivity contribution in [1.29, 1.82) is 0 Å². The third-order valence-electron chi connectivity index (χ3n) is 3.98. The average molecular weight is 417 g/mol. The Bertz CT molecular complexity index is 1100. The van der Waals surface area contributed by atoms with Crippen LogP contribution < -0.4 is 16.6 Å². The molecule has 0 saturated heterocycles. The number of primary amides is 1. The number of rotatable bonds is 5. The van der Waals surface area contributed by atoms with Crippen molar-refractivity contribution in [3.63, 3.8) is 0 Å². The van der Waals surface area contributed by atoms with Crippen LogP contribution in [0.4, 0.5) is 4.79 Å². The number of carbonyl (C=O) groups excluding carboxylic acids is 2. The zero-order valence-corrected chi connectivity index (χ0v) is 16.5. The number of hydrogen-bond donors (Lipinski definition) is 2. The Morgan fingerprint density at radius 1 is 1.21 bits per heavy atom. The fraction of sp³-hybridized carbons (Fsp3) is 0.158. The molecular weight excluding hydrogens is 400 g/mol. The normalized spacial score (nSPS) is 11.9. The summed E-state index contributed by atoms with van der Waals surface area (Å²) in [5.74, 6) is -0.557. The molecular formula is C19H17ClN4O3S. The molecule has 0 unspecified atom stereocenters. The molecule has 3 N–H and O–H groups in total. The summed E-state index contributed by atoms with van der Waals surface area (Å²) >= 11 is 7.01. The van der Waals surface area contributed by atoms with Gasteiger partial charge in [-0.25, -0.2) is 9.78 Å². The van der Waals surface area contributed by atoms with Gasteiger partial charge in [-0.3, -0.25) is 19.5 Å². The van der Waals surface area contributed by atoms with E-state index in [1.54, 1.807) is 43.3 Å². The van der Waals surface area contributed by atoms with Crippen LogP contribution in [-0.2, 0) is 11.3 Å². The molecule has 1 heterocycles. The number of nitrogens with zero attached hydrogens (tertiary/aromatic N) is 2. The van der Waals surface area contributed by atoms with Crippen molar-refractivity contribution < 1.29 is 9.59 Å². The van der Waals surface area contributed by atoms with Gasteiger partial charge in [-0.15, -0.1) is 0 Å². The number of nitrogens with two attached hydrogens (primary N) is 1. The highest BCUT2D eigenvalue weighted by Crippen LogP contribution is 2.23. The van der Waals surface area contributed by atoms with Crippen LogP contribution >= 0.6 is 23.4 Å². The minimum atomic E-state index is -0.928. The zero-order chi connectivity index (χ0) is 20.3. The molecule has 9 heteroatoms. The number of hydrogen-bond acceptors (Lipinski definition) is 5. The largest absolute Gasteiger partial charge is 0.351 e. The van der Waals surface area contributed by atoms with E-state index in [9.17, 15) is 14.4 Å². The van der Waals surface area contributed by atoms with Gasteiger partial charge in [0.25, 0.3) is 5.56 Å². The molecule has 0 aliphatic rings. The van der Waals surface area contributed by atoms with Crippen LogP contribution in [0.3, 0.4) is 0 Å². The first-order valence-electron chi connectivity index (χ1n) is 8.36. The summed E-state index contributed by atoms with van der Waals surface area (Å²) in [7, 11) is 0. The van der Waals surface area contributed by atoms with Crippen LogP contribution in [0.1, 0.15) is 12.5 Å². The predicted molar refractivity (Wildman–Crippen MR) is 110 cm³/mol. The van der Waals surface area contributed by atoms with E-state index in [0.29, 0.717) is 21.1 Å². The second-order valence-corrected chi connectivity index (χ2v) is 7.79. The molecule has 3 rings (SSSR count). The maximum Gasteiger partial charge on any atom is 0.318 e. The topological polar surface area (TPSA) is 107 Å². The molecule has 0 bridgehead atoms. The van der Waals surface area contributed by atoms with Crippen molar-refractivity contribution in [1.82, 2.24) is 14.9 Å². The van der Waals surface area contributed by atoms with E-state index in [0.717, 1.165) is 17.3 Å². The molecule has 0 spiro atoms. The highest BCUT2D eigenvalue weighted by atomic mass is 35.5. The minimum absolute atomic E-state index is 0.217. The molecule has 3 aromatic rings. The zero-order valence-electron chi connectivity index (χ0n) is 14.9. The number of halogens is 1. The molecule has 1 aromatic heterocycles. The van der Waals surface area contributed by atoms with Crippen molar-refractivity contribution in [2.45, 2.75) is 23.9 Å². The first-order chi connectivity index (χ1) is 13.3. The molecule has 3 amide bonds. The number of thioether (sulfide) groups is 1. The Morgan fingerprint density at radius 3 is 2.57 bits per heavy atom. The van der Waals surface area contributed by atoms with Crippen LogP contribution in [0, 0.1) is 0 Å². The van der Waals surface area contributed by atoms with Gasteiger partial charge in [-0.2, -0.15) is 0 Å². The molecule has 0 radical (unpaired) electrons. The smallest absolute Gasteiger partial charge is 0.318 e. The molecule has 0 aliphatic heterocycles. The third kappa shape index (κ3) is 4.52. The van der Waals surface area contributed by atoms with Gasteiger partial charge in [0.1, 0.15) is 0 Å². The van der Waals surface area contributed by atoms with Crippen LogP contribution in [0.15, 0.2) is 58.5 Å². The molecule has 0 saturated carbocycles. The number of para-hydroxylation sites is 1. The van der Waals surface area contributed by atoms with Crippen molar-refractivity contribution in [2.75, 3.05) is 0 Å². The average Bonchev–Trinajstić information content (AvgIpc) is 2.66. The Kier molecular flexibility index (Phi) is 6.01. The monoisotopic (exact) mass is 416 g/mol. The molecule has 0 fully saturated rings. The van der Waals surface area contributed by atoms with Gasteiger partial charge in [-0.05, 0) is 36.8 Å². The first kappa shape index (κ1) is 19.9. The third-order valence-corrected chi connectivity index (χ3v) is 5.32. The molecule has 7 nitrogen and oxygen atoms in total. The lowest BCUT2D eigenvalue weighted by Gasteiger charge is -2.16. The number of amides is 3. The van der Waals surface area contributed by atoms with Gasteiger partial charge in [0, 0.05) is 5.02 Å². The second-order valence-electron chi connectivity index (χ2n) is 6.04. The highest BCUT2D eigenvalue weighted by molar-refractivity contribution is 8.00. The van der Waals surface area contributed by atoms with Crippen LogP contribution in [0.25, 0.3) is 10.9 Å². The molecule has 144 valence electrons. The first-order valence-corrected chi connectivity index (χ1v) is 9.62. The number of fused-ring (bicyclic) bond motifs is 1. The lowest BCUT2D eigenvalue weighted by molar-refractivity contribution is -0.119. The van der Waals surface area contributed by atoms with Crippen molar-refractivity contribution in [2.24, 2.45) is 5.73 Å². The van der Waals surface area contributed by atoms with Crippen molar-refractivity contribution in [3.05, 3.63) is 69.5 Å². The summed E-state index contributed by atoms with van der Waals surface area (Å²) in [5.41, 5.74) is 6.18. The van der Waals surface area contributed by atoms with Gasteiger partial charge in [-0.1, -0.05) is 47.6 Å². The number of nitrogens with one attached hydrogen (secondary N) is 1. The Balaban J connectivity index is 2.03. The number of carbonyl (C=O) groups is 2. The SMILES string of the molecule is C[C@H](Sc1nc2ccccc2c(=O)n1Cc1ccc(Cl)cc1)C(=O)NC(N)=O. The van der Waals surface area contributed by atoms with Crippen LogP contribution in [0.2, 0.25) is 5.02 Å². The van der Waals surface area contributed by atoms with E-state index < -0.39 is 17.2 Å². The number of urea groups is 1. The lowest BCUT2D eigenvalue weighted by atomic mass is 10.2. The lowest BCUT2D eigenvalue weighted by Crippen LogP contribution is -2.39. The summed E-state index contributed by atoms with van der Waals surface area (Å²) < 4.78 is 1.50. The van der Waals surface area contributed by atoms with Gasteiger partial charge in [0.05, 0.1) is 22.7 Å². The van der Waals surface area contributed by atoms with Crippen LogP contribution in [0.5, 0.6) is 0 Å². The molecule has 1 atom stereocenters. The summed E-state index contributed by atoms with van der Waals surface area (Å²) in [6, 6.07) is 13.2. The predicted octanol–water partition coefficient (Wildman–Crippen LogP) is 2.77.